The van der Waals surface area contributed by atoms with E-state index in [1.54, 1.807) is 0 Å². The number of halogens is 1. The van der Waals surface area contributed by atoms with E-state index in [4.69, 9.17) is 5.73 Å². The van der Waals surface area contributed by atoms with Gasteiger partial charge in [-0.1, -0.05) is 19.1 Å². The molecule has 0 aromatic heterocycles. The molecule has 3 nitrogen and oxygen atoms in total. The van der Waals surface area contributed by atoms with Crippen LogP contribution in [0.4, 0.5) is 5.69 Å². The zero-order valence-corrected chi connectivity index (χ0v) is 10.9. The van der Waals surface area contributed by atoms with Gasteiger partial charge >= 0.3 is 0 Å². The van der Waals surface area contributed by atoms with Crippen molar-refractivity contribution in [3.8, 4) is 0 Å². The highest BCUT2D eigenvalue weighted by Crippen LogP contribution is 2.16. The van der Waals surface area contributed by atoms with Gasteiger partial charge in [0.15, 0.2) is 0 Å². The maximum atomic E-state index is 11.9. The minimum absolute atomic E-state index is 0. The summed E-state index contributed by atoms with van der Waals surface area (Å²) in [5.74, 6) is 0.879. The molecule has 94 valence electrons. The van der Waals surface area contributed by atoms with Gasteiger partial charge < -0.3 is 10.6 Å². The van der Waals surface area contributed by atoms with Crippen LogP contribution in [0.3, 0.4) is 0 Å². The molecule has 1 aromatic carbocycles. The van der Waals surface area contributed by atoms with E-state index in [0.29, 0.717) is 12.3 Å². The Morgan fingerprint density at radius 3 is 2.59 bits per heavy atom. The van der Waals surface area contributed by atoms with Crippen molar-refractivity contribution in [1.29, 1.82) is 0 Å². The highest BCUT2D eigenvalue weighted by molar-refractivity contribution is 5.85. The van der Waals surface area contributed by atoms with Crippen LogP contribution in [0.25, 0.3) is 0 Å². The molecule has 0 aliphatic carbocycles. The third kappa shape index (κ3) is 3.63. The number of carbonyl (C=O) groups excluding carboxylic acids is 1. The smallest absolute Gasteiger partial charge is 0.226 e. The summed E-state index contributed by atoms with van der Waals surface area (Å²) in [7, 11) is 0. The predicted octanol–water partition coefficient (Wildman–Crippen LogP) is 2.10. The van der Waals surface area contributed by atoms with Gasteiger partial charge in [-0.25, -0.2) is 0 Å². The Labute approximate surface area is 108 Å². The van der Waals surface area contributed by atoms with Crippen LogP contribution < -0.4 is 5.73 Å². The van der Waals surface area contributed by atoms with Crippen molar-refractivity contribution in [2.75, 3.05) is 18.8 Å². The van der Waals surface area contributed by atoms with E-state index < -0.39 is 0 Å². The summed E-state index contributed by atoms with van der Waals surface area (Å²) in [5, 5.41) is 0. The lowest BCUT2D eigenvalue weighted by atomic mass is 10.1. The van der Waals surface area contributed by atoms with Gasteiger partial charge in [0.05, 0.1) is 6.42 Å². The third-order valence-electron chi connectivity index (χ3n) is 3.11. The zero-order valence-electron chi connectivity index (χ0n) is 10.1. The third-order valence-corrected chi connectivity index (χ3v) is 3.11. The van der Waals surface area contributed by atoms with Gasteiger partial charge in [-0.05, 0) is 30.0 Å². The molecule has 1 heterocycles. The molecule has 0 saturated carbocycles. The molecular weight excluding hydrogens is 236 g/mol. The molecule has 1 saturated heterocycles. The minimum atomic E-state index is 0. The molecule has 1 aliphatic heterocycles. The normalized spacial score (nSPS) is 18.9. The molecule has 2 N–H and O–H groups in total. The fourth-order valence-corrected chi connectivity index (χ4v) is 2.08. The number of hydrogen-bond acceptors (Lipinski definition) is 2. The molecule has 0 radical (unpaired) electrons. The predicted molar refractivity (Wildman–Crippen MR) is 72.2 cm³/mol. The van der Waals surface area contributed by atoms with Crippen LogP contribution in [0.5, 0.6) is 0 Å². The molecule has 1 fully saturated rings. The molecule has 1 unspecified atom stereocenters. The number of likely N-dealkylation sites (tertiary alicyclic amines) is 1. The molecular formula is C13H19ClN2O. The first kappa shape index (κ1) is 13.8. The summed E-state index contributed by atoms with van der Waals surface area (Å²) in [5.41, 5.74) is 7.38. The first-order chi connectivity index (χ1) is 7.65. The van der Waals surface area contributed by atoms with Crippen LogP contribution in [-0.4, -0.2) is 23.9 Å². The second kappa shape index (κ2) is 5.92. The number of hydrogen-bond donors (Lipinski definition) is 1. The van der Waals surface area contributed by atoms with Crippen molar-refractivity contribution in [1.82, 2.24) is 4.90 Å². The van der Waals surface area contributed by atoms with Crippen LogP contribution in [-0.2, 0) is 11.2 Å². The van der Waals surface area contributed by atoms with Gasteiger partial charge in [0, 0.05) is 18.8 Å². The average molecular weight is 255 g/mol. The van der Waals surface area contributed by atoms with Crippen LogP contribution in [0.15, 0.2) is 24.3 Å². The molecule has 0 bridgehead atoms. The summed E-state index contributed by atoms with van der Waals surface area (Å²) in [4.78, 5) is 13.9. The molecule has 17 heavy (non-hydrogen) atoms. The molecule has 1 atom stereocenters. The van der Waals surface area contributed by atoms with Crippen LogP contribution >= 0.6 is 12.4 Å². The van der Waals surface area contributed by atoms with Crippen molar-refractivity contribution in [2.45, 2.75) is 19.8 Å². The molecule has 1 aliphatic rings. The standard InChI is InChI=1S/C13H18N2O.ClH/c1-10-6-7-15(9-10)13(16)8-11-2-4-12(14)5-3-11;/h2-5,10H,6-9,14H2,1H3;1H. The Bertz CT molecular complexity index is 378. The number of nitrogen functional groups attached to an aromatic ring is 1. The maximum Gasteiger partial charge on any atom is 0.226 e. The van der Waals surface area contributed by atoms with Crippen molar-refractivity contribution in [3.05, 3.63) is 29.8 Å². The van der Waals surface area contributed by atoms with E-state index in [0.717, 1.165) is 30.8 Å². The van der Waals surface area contributed by atoms with Crippen molar-refractivity contribution < 1.29 is 4.79 Å². The number of nitrogens with two attached hydrogens (primary N) is 1. The van der Waals surface area contributed by atoms with E-state index in [-0.39, 0.29) is 18.3 Å². The van der Waals surface area contributed by atoms with Gasteiger partial charge in [0.1, 0.15) is 0 Å². The number of nitrogens with zero attached hydrogens (tertiary/aromatic N) is 1. The van der Waals surface area contributed by atoms with Crippen LogP contribution in [0.2, 0.25) is 0 Å². The molecule has 1 amide bonds. The molecule has 0 spiro atoms. The monoisotopic (exact) mass is 254 g/mol. The first-order valence-electron chi connectivity index (χ1n) is 5.77. The van der Waals surface area contributed by atoms with E-state index in [9.17, 15) is 4.79 Å². The van der Waals surface area contributed by atoms with Crippen molar-refractivity contribution >= 4 is 24.0 Å². The van der Waals surface area contributed by atoms with Crippen LogP contribution in [0, 0.1) is 5.92 Å². The fourth-order valence-electron chi connectivity index (χ4n) is 2.08. The summed E-state index contributed by atoms with van der Waals surface area (Å²) >= 11 is 0. The van der Waals surface area contributed by atoms with Gasteiger partial charge in [0.25, 0.3) is 0 Å². The molecule has 2 rings (SSSR count). The second-order valence-electron chi connectivity index (χ2n) is 4.65. The SMILES string of the molecule is CC1CCN(C(=O)Cc2ccc(N)cc2)C1.Cl. The fraction of sp³-hybridized carbons (Fsp3) is 0.462. The minimum Gasteiger partial charge on any atom is -0.399 e. The number of amides is 1. The number of rotatable bonds is 2. The van der Waals surface area contributed by atoms with Crippen molar-refractivity contribution in [2.24, 2.45) is 5.92 Å². The van der Waals surface area contributed by atoms with Gasteiger partial charge in [-0.3, -0.25) is 4.79 Å². The molecule has 1 aromatic rings. The Hall–Kier alpha value is -1.22. The van der Waals surface area contributed by atoms with Crippen molar-refractivity contribution in [3.63, 3.8) is 0 Å². The summed E-state index contributed by atoms with van der Waals surface area (Å²) in [6.45, 7) is 4.01. The highest BCUT2D eigenvalue weighted by Gasteiger charge is 2.22. The number of carbonyl (C=O) groups is 1. The Balaban J connectivity index is 0.00000144. The lowest BCUT2D eigenvalue weighted by Gasteiger charge is -2.15. The average Bonchev–Trinajstić information content (AvgIpc) is 2.68. The lowest BCUT2D eigenvalue weighted by Crippen LogP contribution is -2.29. The first-order valence-corrected chi connectivity index (χ1v) is 5.77. The largest absolute Gasteiger partial charge is 0.399 e. The van der Waals surface area contributed by atoms with E-state index in [2.05, 4.69) is 6.92 Å². The quantitative estimate of drug-likeness (QED) is 0.822. The molecule has 4 heteroatoms. The maximum absolute atomic E-state index is 11.9. The topological polar surface area (TPSA) is 46.3 Å². The Morgan fingerprint density at radius 2 is 2.06 bits per heavy atom. The zero-order chi connectivity index (χ0) is 11.5. The summed E-state index contributed by atoms with van der Waals surface area (Å²) in [6.07, 6.45) is 1.63. The van der Waals surface area contributed by atoms with E-state index in [1.165, 1.54) is 0 Å². The van der Waals surface area contributed by atoms with E-state index >= 15 is 0 Å². The van der Waals surface area contributed by atoms with Gasteiger partial charge in [0.2, 0.25) is 5.91 Å². The highest BCUT2D eigenvalue weighted by atomic mass is 35.5. The number of benzene rings is 1. The Morgan fingerprint density at radius 1 is 1.41 bits per heavy atom. The summed E-state index contributed by atoms with van der Waals surface area (Å²) in [6, 6.07) is 7.53. The van der Waals surface area contributed by atoms with Crippen LogP contribution in [0.1, 0.15) is 18.9 Å². The van der Waals surface area contributed by atoms with E-state index in [1.807, 2.05) is 29.2 Å². The number of anilines is 1. The lowest BCUT2D eigenvalue weighted by molar-refractivity contribution is -0.129. The van der Waals surface area contributed by atoms with Gasteiger partial charge in [-0.15, -0.1) is 12.4 Å². The van der Waals surface area contributed by atoms with Gasteiger partial charge in [-0.2, -0.15) is 0 Å². The Kier molecular flexibility index (Phi) is 4.82. The summed E-state index contributed by atoms with van der Waals surface area (Å²) < 4.78 is 0. The second-order valence-corrected chi connectivity index (χ2v) is 4.65.